The topological polar surface area (TPSA) is 64.1 Å². The smallest absolute Gasteiger partial charge is 0.270 e. The van der Waals surface area contributed by atoms with Gasteiger partial charge in [-0.3, -0.25) is 9.78 Å². The predicted molar refractivity (Wildman–Crippen MR) is 116 cm³/mol. The molecule has 3 aromatic rings. The minimum atomic E-state index is -0.205. The fourth-order valence-corrected chi connectivity index (χ4v) is 3.00. The zero-order chi connectivity index (χ0) is 20.3. The van der Waals surface area contributed by atoms with Gasteiger partial charge in [0.25, 0.3) is 5.91 Å². The summed E-state index contributed by atoms with van der Waals surface area (Å²) in [6.45, 7) is 3.18. The average Bonchev–Trinajstić information content (AvgIpc) is 2.77. The maximum absolute atomic E-state index is 12.4. The van der Waals surface area contributed by atoms with Crippen LogP contribution in [-0.2, 0) is 6.54 Å². The van der Waals surface area contributed by atoms with Crippen LogP contribution < -0.4 is 10.1 Å². The first-order valence-corrected chi connectivity index (χ1v) is 10.1. The summed E-state index contributed by atoms with van der Waals surface area (Å²) in [4.78, 5) is 21.0. The van der Waals surface area contributed by atoms with Crippen LogP contribution in [0.4, 0.5) is 0 Å². The lowest BCUT2D eigenvalue weighted by atomic mass is 10.2. The van der Waals surface area contributed by atoms with Crippen LogP contribution in [0.2, 0.25) is 0 Å². The van der Waals surface area contributed by atoms with Crippen molar-refractivity contribution >= 4 is 16.9 Å². The fraction of sp³-hybridized carbons (Fsp3) is 0.292. The highest BCUT2D eigenvalue weighted by molar-refractivity contribution is 5.94. The molecule has 150 valence electrons. The van der Waals surface area contributed by atoms with Gasteiger partial charge >= 0.3 is 0 Å². The number of amides is 1. The predicted octanol–water partition coefficient (Wildman–Crippen LogP) is 5.08. The number of aromatic nitrogens is 2. The first kappa shape index (κ1) is 20.5. The summed E-state index contributed by atoms with van der Waals surface area (Å²) in [5.74, 6) is 0.628. The highest BCUT2D eigenvalue weighted by Gasteiger charge is 2.08. The molecule has 0 saturated heterocycles. The van der Waals surface area contributed by atoms with Crippen molar-refractivity contribution in [1.29, 1.82) is 0 Å². The average molecular weight is 389 g/mol. The highest BCUT2D eigenvalue weighted by atomic mass is 16.5. The molecule has 5 nitrogen and oxygen atoms in total. The number of unbranched alkanes of at least 4 members (excludes halogenated alkanes) is 3. The molecule has 1 amide bonds. The second kappa shape index (κ2) is 11.0. The molecule has 1 aromatic carbocycles. The van der Waals surface area contributed by atoms with Gasteiger partial charge < -0.3 is 10.1 Å². The number of hydrogen-bond acceptors (Lipinski definition) is 4. The van der Waals surface area contributed by atoms with Crippen molar-refractivity contribution < 1.29 is 9.53 Å². The molecule has 5 heteroatoms. The van der Waals surface area contributed by atoms with E-state index in [1.165, 1.54) is 6.42 Å². The monoisotopic (exact) mass is 389 g/mol. The molecule has 0 atom stereocenters. The zero-order valence-electron chi connectivity index (χ0n) is 16.8. The molecule has 0 fully saturated rings. The Hall–Kier alpha value is -3.21. The Balaban J connectivity index is 1.47. The van der Waals surface area contributed by atoms with Crippen molar-refractivity contribution in [2.75, 3.05) is 6.61 Å². The zero-order valence-corrected chi connectivity index (χ0v) is 16.8. The van der Waals surface area contributed by atoms with Gasteiger partial charge in [0.2, 0.25) is 0 Å². The van der Waals surface area contributed by atoms with Gasteiger partial charge in [0.05, 0.1) is 17.6 Å². The summed E-state index contributed by atoms with van der Waals surface area (Å²) in [5.41, 5.74) is 2.86. The van der Waals surface area contributed by atoms with Crippen molar-refractivity contribution in [2.24, 2.45) is 0 Å². The van der Waals surface area contributed by atoms with Crippen molar-refractivity contribution in [2.45, 2.75) is 39.2 Å². The van der Waals surface area contributed by atoms with Gasteiger partial charge in [-0.05, 0) is 74.6 Å². The molecule has 0 spiro atoms. The van der Waals surface area contributed by atoms with Crippen LogP contribution in [0.25, 0.3) is 11.0 Å². The van der Waals surface area contributed by atoms with Crippen LogP contribution in [0.15, 0.2) is 66.9 Å². The second-order valence-corrected chi connectivity index (χ2v) is 6.84. The first-order chi connectivity index (χ1) is 14.3. The number of carbonyl (C=O) groups excluding carboxylic acids is 1. The molecule has 0 unspecified atom stereocenters. The van der Waals surface area contributed by atoms with Crippen molar-refractivity contribution in [3.63, 3.8) is 0 Å². The van der Waals surface area contributed by atoms with Gasteiger partial charge in [0, 0.05) is 12.7 Å². The minimum absolute atomic E-state index is 0.205. The molecular weight excluding hydrogens is 362 g/mol. The summed E-state index contributed by atoms with van der Waals surface area (Å²) in [5, 5.41) is 2.92. The Morgan fingerprint density at radius 1 is 1.07 bits per heavy atom. The van der Waals surface area contributed by atoms with E-state index in [9.17, 15) is 4.79 Å². The number of rotatable bonds is 10. The SMILES string of the molecule is CC=CCCCCCOc1cccc(CNC(=O)c2ccc3ncccc3n2)c1. The Kier molecular flexibility index (Phi) is 7.75. The number of carbonyl (C=O) groups is 1. The minimum Gasteiger partial charge on any atom is -0.494 e. The lowest BCUT2D eigenvalue weighted by Gasteiger charge is -2.09. The lowest BCUT2D eigenvalue weighted by molar-refractivity contribution is 0.0946. The number of allylic oxidation sites excluding steroid dienone is 2. The van der Waals surface area contributed by atoms with Crippen LogP contribution in [0.3, 0.4) is 0 Å². The van der Waals surface area contributed by atoms with Crippen LogP contribution in [0.1, 0.15) is 48.7 Å². The van der Waals surface area contributed by atoms with E-state index in [-0.39, 0.29) is 5.91 Å². The maximum atomic E-state index is 12.4. The van der Waals surface area contributed by atoms with E-state index in [4.69, 9.17) is 4.74 Å². The molecule has 0 aliphatic heterocycles. The Morgan fingerprint density at radius 2 is 2.00 bits per heavy atom. The Morgan fingerprint density at radius 3 is 2.90 bits per heavy atom. The van der Waals surface area contributed by atoms with E-state index >= 15 is 0 Å². The van der Waals surface area contributed by atoms with Gasteiger partial charge in [-0.15, -0.1) is 0 Å². The van der Waals surface area contributed by atoms with Crippen molar-refractivity contribution in [1.82, 2.24) is 15.3 Å². The normalized spacial score (nSPS) is 11.1. The molecule has 2 aromatic heterocycles. The molecular formula is C24H27N3O2. The molecule has 0 bridgehead atoms. The summed E-state index contributed by atoms with van der Waals surface area (Å²) in [6, 6.07) is 15.0. The van der Waals surface area contributed by atoms with E-state index in [1.54, 1.807) is 12.3 Å². The summed E-state index contributed by atoms with van der Waals surface area (Å²) < 4.78 is 5.84. The van der Waals surface area contributed by atoms with Crippen LogP contribution >= 0.6 is 0 Å². The van der Waals surface area contributed by atoms with E-state index in [0.717, 1.165) is 36.1 Å². The molecule has 29 heavy (non-hydrogen) atoms. The van der Waals surface area contributed by atoms with E-state index in [0.29, 0.717) is 24.4 Å². The number of nitrogens with zero attached hydrogens (tertiary/aromatic N) is 2. The van der Waals surface area contributed by atoms with Crippen LogP contribution in [-0.4, -0.2) is 22.5 Å². The third-order valence-corrected chi connectivity index (χ3v) is 4.56. The lowest BCUT2D eigenvalue weighted by Crippen LogP contribution is -2.23. The number of fused-ring (bicyclic) bond motifs is 1. The van der Waals surface area contributed by atoms with Gasteiger partial charge in [-0.2, -0.15) is 0 Å². The Labute approximate surface area is 171 Å². The number of ether oxygens (including phenoxy) is 1. The molecule has 0 radical (unpaired) electrons. The molecule has 0 aliphatic carbocycles. The Bertz CT molecular complexity index is 969. The molecule has 3 rings (SSSR count). The summed E-state index contributed by atoms with van der Waals surface area (Å²) in [6.07, 6.45) is 10.5. The standard InChI is InChI=1S/C24H27N3O2/c1-2-3-4-5-6-7-16-29-20-11-8-10-19(17-20)18-26-24(28)23-14-13-21-22(27-23)12-9-15-25-21/h2-3,8-15,17H,4-7,16,18H2,1H3,(H,26,28). The maximum Gasteiger partial charge on any atom is 0.270 e. The van der Waals surface area contributed by atoms with Gasteiger partial charge in [0.1, 0.15) is 11.4 Å². The van der Waals surface area contributed by atoms with Gasteiger partial charge in [0.15, 0.2) is 0 Å². The van der Waals surface area contributed by atoms with Crippen molar-refractivity contribution in [3.05, 3.63) is 78.1 Å². The third kappa shape index (κ3) is 6.42. The van der Waals surface area contributed by atoms with Crippen LogP contribution in [0.5, 0.6) is 5.75 Å². The van der Waals surface area contributed by atoms with Crippen LogP contribution in [0, 0.1) is 0 Å². The number of hydrogen-bond donors (Lipinski definition) is 1. The van der Waals surface area contributed by atoms with Crippen molar-refractivity contribution in [3.8, 4) is 5.75 Å². The van der Waals surface area contributed by atoms with Gasteiger partial charge in [-0.25, -0.2) is 4.98 Å². The number of benzene rings is 1. The highest BCUT2D eigenvalue weighted by Crippen LogP contribution is 2.15. The quantitative estimate of drug-likeness (QED) is 0.388. The number of nitrogens with one attached hydrogen (secondary N) is 1. The third-order valence-electron chi connectivity index (χ3n) is 4.56. The largest absolute Gasteiger partial charge is 0.494 e. The molecule has 1 N–H and O–H groups in total. The van der Waals surface area contributed by atoms with E-state index in [2.05, 4.69) is 27.4 Å². The number of pyridine rings is 2. The fourth-order valence-electron chi connectivity index (χ4n) is 3.00. The van der Waals surface area contributed by atoms with Gasteiger partial charge in [-0.1, -0.05) is 24.3 Å². The first-order valence-electron chi connectivity index (χ1n) is 10.1. The summed E-state index contributed by atoms with van der Waals surface area (Å²) >= 11 is 0. The van der Waals surface area contributed by atoms with E-state index < -0.39 is 0 Å². The molecule has 0 saturated carbocycles. The van der Waals surface area contributed by atoms with E-state index in [1.807, 2.05) is 49.4 Å². The molecule has 0 aliphatic rings. The molecule has 2 heterocycles. The second-order valence-electron chi connectivity index (χ2n) is 6.84. The summed E-state index contributed by atoms with van der Waals surface area (Å²) in [7, 11) is 0.